The number of carbonyl (C=O) groups excluding carboxylic acids is 3. The molecular weight excluding hydrogens is 336 g/mol. The van der Waals surface area contributed by atoms with Gasteiger partial charge in [0, 0.05) is 18.2 Å². The van der Waals surface area contributed by atoms with Crippen LogP contribution in [0.25, 0.3) is 0 Å². The third kappa shape index (κ3) is 4.06. The molecule has 1 saturated carbocycles. The summed E-state index contributed by atoms with van der Waals surface area (Å²) in [4.78, 5) is 39.7. The molecule has 1 aliphatic carbocycles. The van der Waals surface area contributed by atoms with Gasteiger partial charge in [0.1, 0.15) is 0 Å². The molecule has 1 aromatic carbocycles. The molecule has 3 rings (SSSR count). The summed E-state index contributed by atoms with van der Waals surface area (Å²) in [7, 11) is 0. The quantitative estimate of drug-likeness (QED) is 0.804. The van der Waals surface area contributed by atoms with Gasteiger partial charge < -0.3 is 4.90 Å². The van der Waals surface area contributed by atoms with Crippen LogP contribution in [0.3, 0.4) is 0 Å². The summed E-state index contributed by atoms with van der Waals surface area (Å²) in [5.74, 6) is 0.0942. The fraction of sp³-hybridized carbons (Fsp3) is 0.526. The molecule has 0 atom stereocenters. The van der Waals surface area contributed by atoms with Crippen molar-refractivity contribution in [3.63, 3.8) is 0 Å². The van der Waals surface area contributed by atoms with Gasteiger partial charge in [-0.3, -0.25) is 19.3 Å². The van der Waals surface area contributed by atoms with Gasteiger partial charge in [0.15, 0.2) is 0 Å². The molecule has 0 unspecified atom stereocenters. The molecule has 25 heavy (non-hydrogen) atoms. The van der Waals surface area contributed by atoms with Crippen molar-refractivity contribution in [1.29, 1.82) is 0 Å². The molecule has 1 aromatic rings. The van der Waals surface area contributed by atoms with E-state index in [1.54, 1.807) is 0 Å². The molecule has 1 saturated heterocycles. The predicted octanol–water partition coefficient (Wildman–Crippen LogP) is 3.68. The van der Waals surface area contributed by atoms with Crippen molar-refractivity contribution in [2.45, 2.75) is 51.6 Å². The smallest absolute Gasteiger partial charge is 0.289 e. The standard InChI is InChI=1S/C19H24N2O3S/c1-2-20(16-9-4-3-5-10-16)18(23)15-8-6-7-14(11-15)12-21-17(22)13-25-19(21)24/h6-8,11,16H,2-5,9-10,12-13H2,1H3. The highest BCUT2D eigenvalue weighted by atomic mass is 32.2. The first-order chi connectivity index (χ1) is 12.1. The maximum Gasteiger partial charge on any atom is 0.289 e. The summed E-state index contributed by atoms with van der Waals surface area (Å²) in [6.07, 6.45) is 5.78. The van der Waals surface area contributed by atoms with Crippen molar-refractivity contribution in [3.05, 3.63) is 35.4 Å². The minimum absolute atomic E-state index is 0.0460. The van der Waals surface area contributed by atoms with Crippen LogP contribution in [-0.2, 0) is 11.3 Å². The van der Waals surface area contributed by atoms with Crippen molar-refractivity contribution in [2.24, 2.45) is 0 Å². The number of nitrogens with zero attached hydrogens (tertiary/aromatic N) is 2. The Bertz CT molecular complexity index is 654. The van der Waals surface area contributed by atoms with Crippen LogP contribution in [0.15, 0.2) is 24.3 Å². The Morgan fingerprint density at radius 2 is 2.00 bits per heavy atom. The number of thioether (sulfide) groups is 1. The van der Waals surface area contributed by atoms with E-state index in [4.69, 9.17) is 0 Å². The highest BCUT2D eigenvalue weighted by Gasteiger charge is 2.30. The highest BCUT2D eigenvalue weighted by molar-refractivity contribution is 8.14. The minimum atomic E-state index is -0.209. The first-order valence-electron chi connectivity index (χ1n) is 8.97. The Labute approximate surface area is 152 Å². The zero-order valence-electron chi connectivity index (χ0n) is 14.6. The van der Waals surface area contributed by atoms with Crippen LogP contribution in [0.1, 0.15) is 54.9 Å². The normalized spacial score (nSPS) is 18.7. The Kier molecular flexibility index (Phi) is 5.78. The lowest BCUT2D eigenvalue weighted by Crippen LogP contribution is -2.41. The Morgan fingerprint density at radius 3 is 2.64 bits per heavy atom. The minimum Gasteiger partial charge on any atom is -0.336 e. The molecule has 1 aliphatic heterocycles. The van der Waals surface area contributed by atoms with Gasteiger partial charge >= 0.3 is 0 Å². The van der Waals surface area contributed by atoms with Crippen LogP contribution in [0, 0.1) is 0 Å². The molecule has 0 radical (unpaired) electrons. The molecule has 2 aliphatic rings. The molecular formula is C19H24N2O3S. The number of benzene rings is 1. The largest absolute Gasteiger partial charge is 0.336 e. The Morgan fingerprint density at radius 1 is 1.24 bits per heavy atom. The van der Waals surface area contributed by atoms with E-state index >= 15 is 0 Å². The van der Waals surface area contributed by atoms with E-state index < -0.39 is 0 Å². The van der Waals surface area contributed by atoms with Crippen LogP contribution in [0.2, 0.25) is 0 Å². The van der Waals surface area contributed by atoms with E-state index in [1.165, 1.54) is 24.2 Å². The average molecular weight is 360 g/mol. The predicted molar refractivity (Wildman–Crippen MR) is 98.4 cm³/mol. The molecule has 5 nitrogen and oxygen atoms in total. The summed E-state index contributed by atoms with van der Waals surface area (Å²) >= 11 is 1.03. The van der Waals surface area contributed by atoms with Crippen LogP contribution in [0.5, 0.6) is 0 Å². The molecule has 134 valence electrons. The van der Waals surface area contributed by atoms with E-state index in [2.05, 4.69) is 0 Å². The van der Waals surface area contributed by atoms with Crippen LogP contribution in [0.4, 0.5) is 4.79 Å². The lowest BCUT2D eigenvalue weighted by molar-refractivity contribution is -0.125. The van der Waals surface area contributed by atoms with Crippen LogP contribution in [-0.4, -0.2) is 45.2 Å². The molecule has 1 heterocycles. The number of imide groups is 1. The summed E-state index contributed by atoms with van der Waals surface area (Å²) in [6.45, 7) is 2.96. The van der Waals surface area contributed by atoms with Crippen LogP contribution >= 0.6 is 11.8 Å². The van der Waals surface area contributed by atoms with Gasteiger partial charge in [-0.05, 0) is 37.5 Å². The topological polar surface area (TPSA) is 57.7 Å². The van der Waals surface area contributed by atoms with Gasteiger partial charge in [0.05, 0.1) is 12.3 Å². The van der Waals surface area contributed by atoms with Crippen LogP contribution < -0.4 is 0 Å². The fourth-order valence-corrected chi connectivity index (χ4v) is 4.37. The lowest BCUT2D eigenvalue weighted by atomic mass is 9.93. The molecule has 0 aromatic heterocycles. The van der Waals surface area contributed by atoms with Crippen molar-refractivity contribution >= 4 is 28.8 Å². The van der Waals surface area contributed by atoms with Gasteiger partial charge in [-0.2, -0.15) is 0 Å². The number of carbonyl (C=O) groups is 3. The molecule has 6 heteroatoms. The Balaban J connectivity index is 1.74. The van der Waals surface area contributed by atoms with Gasteiger partial charge in [-0.25, -0.2) is 0 Å². The van der Waals surface area contributed by atoms with E-state index in [0.29, 0.717) is 18.2 Å². The van der Waals surface area contributed by atoms with E-state index in [-0.39, 0.29) is 29.4 Å². The third-order valence-corrected chi connectivity index (χ3v) is 5.83. The van der Waals surface area contributed by atoms with Crippen molar-refractivity contribution in [3.8, 4) is 0 Å². The lowest BCUT2D eigenvalue weighted by Gasteiger charge is -2.33. The van der Waals surface area contributed by atoms with E-state index in [0.717, 1.165) is 30.2 Å². The maximum atomic E-state index is 13.0. The number of amides is 3. The van der Waals surface area contributed by atoms with Crippen molar-refractivity contribution in [1.82, 2.24) is 9.80 Å². The number of hydrogen-bond donors (Lipinski definition) is 0. The monoisotopic (exact) mass is 360 g/mol. The van der Waals surface area contributed by atoms with Gasteiger partial charge in [-0.15, -0.1) is 0 Å². The van der Waals surface area contributed by atoms with E-state index in [1.807, 2.05) is 36.1 Å². The number of hydrogen-bond acceptors (Lipinski definition) is 4. The SMILES string of the molecule is CCN(C(=O)c1cccc(CN2C(=O)CSC2=O)c1)C1CCCCC1. The maximum absolute atomic E-state index is 13.0. The summed E-state index contributed by atoms with van der Waals surface area (Å²) in [6, 6.07) is 7.65. The second-order valence-corrected chi connectivity index (χ2v) is 7.54. The summed E-state index contributed by atoms with van der Waals surface area (Å²) < 4.78 is 0. The molecule has 3 amide bonds. The molecule has 0 bridgehead atoms. The number of rotatable bonds is 5. The Hall–Kier alpha value is -1.82. The van der Waals surface area contributed by atoms with Gasteiger partial charge in [-0.1, -0.05) is 43.2 Å². The van der Waals surface area contributed by atoms with Gasteiger partial charge in [0.25, 0.3) is 11.1 Å². The van der Waals surface area contributed by atoms with Crippen molar-refractivity contribution in [2.75, 3.05) is 12.3 Å². The molecule has 0 N–H and O–H groups in total. The highest BCUT2D eigenvalue weighted by Crippen LogP contribution is 2.25. The second kappa shape index (κ2) is 8.04. The molecule has 0 spiro atoms. The fourth-order valence-electron chi connectivity index (χ4n) is 3.65. The first kappa shape index (κ1) is 18.0. The van der Waals surface area contributed by atoms with E-state index in [9.17, 15) is 14.4 Å². The first-order valence-corrected chi connectivity index (χ1v) is 9.95. The zero-order valence-corrected chi connectivity index (χ0v) is 15.4. The summed E-state index contributed by atoms with van der Waals surface area (Å²) in [5.41, 5.74) is 1.45. The van der Waals surface area contributed by atoms with Crippen molar-refractivity contribution < 1.29 is 14.4 Å². The van der Waals surface area contributed by atoms with Gasteiger partial charge in [0.2, 0.25) is 5.91 Å². The molecule has 2 fully saturated rings. The zero-order chi connectivity index (χ0) is 17.8. The summed E-state index contributed by atoms with van der Waals surface area (Å²) in [5, 5.41) is -0.209. The third-order valence-electron chi connectivity index (χ3n) is 4.97. The average Bonchev–Trinajstić information content (AvgIpc) is 2.95. The second-order valence-electron chi connectivity index (χ2n) is 6.62.